The average molecular weight is 317 g/mol. The van der Waals surface area contributed by atoms with Crippen LogP contribution in [0.15, 0.2) is 45.7 Å². The summed E-state index contributed by atoms with van der Waals surface area (Å²) in [4.78, 5) is 13.9. The lowest BCUT2D eigenvalue weighted by molar-refractivity contribution is -0.121. The monoisotopic (exact) mass is 317 g/mol. The van der Waals surface area contributed by atoms with Crippen LogP contribution in [0.1, 0.15) is 5.76 Å². The van der Waals surface area contributed by atoms with E-state index in [-0.39, 0.29) is 11.7 Å². The Morgan fingerprint density at radius 3 is 2.57 bits per heavy atom. The molecule has 1 aromatic carbocycles. The highest BCUT2D eigenvalue weighted by molar-refractivity contribution is 8.26. The van der Waals surface area contributed by atoms with E-state index in [0.717, 1.165) is 5.56 Å². The molecule has 1 N–H and O–H groups in total. The van der Waals surface area contributed by atoms with Crippen molar-refractivity contribution in [2.24, 2.45) is 0 Å². The Morgan fingerprint density at radius 1 is 1.24 bits per heavy atom. The van der Waals surface area contributed by atoms with Gasteiger partial charge in [-0.3, -0.25) is 9.69 Å². The van der Waals surface area contributed by atoms with E-state index < -0.39 is 0 Å². The van der Waals surface area contributed by atoms with Crippen LogP contribution in [0.25, 0.3) is 17.4 Å². The van der Waals surface area contributed by atoms with Gasteiger partial charge in [-0.1, -0.05) is 24.0 Å². The van der Waals surface area contributed by atoms with Gasteiger partial charge in [-0.2, -0.15) is 0 Å². The number of carbonyl (C=O) groups excluding carboxylic acids is 1. The van der Waals surface area contributed by atoms with Crippen molar-refractivity contribution >= 4 is 40.3 Å². The molecule has 0 radical (unpaired) electrons. The molecule has 106 valence electrons. The fourth-order valence-corrected chi connectivity index (χ4v) is 3.05. The van der Waals surface area contributed by atoms with Gasteiger partial charge in [0.05, 0.1) is 4.91 Å². The highest BCUT2D eigenvalue weighted by atomic mass is 32.2. The number of benzene rings is 1. The Hall–Kier alpha value is -2.05. The van der Waals surface area contributed by atoms with Gasteiger partial charge in [0, 0.05) is 18.7 Å². The van der Waals surface area contributed by atoms with E-state index in [9.17, 15) is 9.90 Å². The minimum absolute atomic E-state index is 0.118. The minimum atomic E-state index is -0.118. The summed E-state index contributed by atoms with van der Waals surface area (Å²) >= 11 is 6.34. The second-order valence-electron chi connectivity index (χ2n) is 4.49. The summed E-state index contributed by atoms with van der Waals surface area (Å²) in [6.07, 6.45) is 1.69. The highest BCUT2D eigenvalue weighted by Crippen LogP contribution is 2.32. The molecule has 21 heavy (non-hydrogen) atoms. The Kier molecular flexibility index (Phi) is 3.57. The molecule has 4 nitrogen and oxygen atoms in total. The van der Waals surface area contributed by atoms with Crippen LogP contribution in [-0.4, -0.2) is 27.3 Å². The number of amides is 1. The Balaban J connectivity index is 1.87. The van der Waals surface area contributed by atoms with E-state index >= 15 is 0 Å². The first-order chi connectivity index (χ1) is 10.0. The zero-order valence-electron chi connectivity index (χ0n) is 11.1. The highest BCUT2D eigenvalue weighted by Gasteiger charge is 2.28. The maximum atomic E-state index is 11.9. The maximum absolute atomic E-state index is 11.9. The van der Waals surface area contributed by atoms with Gasteiger partial charge in [0.25, 0.3) is 5.91 Å². The van der Waals surface area contributed by atoms with Crippen LogP contribution in [0.5, 0.6) is 5.75 Å². The number of thioether (sulfide) groups is 1. The molecule has 6 heteroatoms. The van der Waals surface area contributed by atoms with Gasteiger partial charge in [-0.15, -0.1) is 0 Å². The van der Waals surface area contributed by atoms with Gasteiger partial charge in [0.2, 0.25) is 0 Å². The van der Waals surface area contributed by atoms with Crippen molar-refractivity contribution < 1.29 is 14.3 Å². The smallest absolute Gasteiger partial charge is 0.266 e. The summed E-state index contributed by atoms with van der Waals surface area (Å²) < 4.78 is 6.24. The number of furan rings is 1. The molecule has 1 amide bonds. The Bertz CT molecular complexity index is 747. The molecule has 0 unspecified atom stereocenters. The SMILES string of the molecule is CN1C(=O)/C(=C\c2ccc(-c3ccc(O)cc3)o2)SC1=S. The lowest BCUT2D eigenvalue weighted by Gasteiger charge is -2.03. The largest absolute Gasteiger partial charge is 0.508 e. The maximum Gasteiger partial charge on any atom is 0.266 e. The molecule has 0 bridgehead atoms. The van der Waals surface area contributed by atoms with E-state index in [1.165, 1.54) is 16.7 Å². The summed E-state index contributed by atoms with van der Waals surface area (Å²) in [7, 11) is 1.66. The molecule has 3 rings (SSSR count). The molecule has 1 aliphatic heterocycles. The molecule has 0 spiro atoms. The van der Waals surface area contributed by atoms with Gasteiger partial charge in [-0.05, 0) is 36.4 Å². The van der Waals surface area contributed by atoms with E-state index in [1.54, 1.807) is 43.5 Å². The standard InChI is InChI=1S/C15H11NO3S2/c1-16-14(18)13(21-15(16)20)8-11-6-7-12(19-11)9-2-4-10(17)5-3-9/h2-8,17H,1H3/b13-8+. The quantitative estimate of drug-likeness (QED) is 0.679. The van der Waals surface area contributed by atoms with Gasteiger partial charge < -0.3 is 9.52 Å². The predicted octanol–water partition coefficient (Wildman–Crippen LogP) is 3.48. The fourth-order valence-electron chi connectivity index (χ4n) is 1.89. The zero-order chi connectivity index (χ0) is 15.0. The normalized spacial score (nSPS) is 17.0. The molecule has 2 aromatic rings. The number of phenols is 1. The number of hydrogen-bond acceptors (Lipinski definition) is 5. The molecule has 0 atom stereocenters. The van der Waals surface area contributed by atoms with Crippen molar-refractivity contribution in [2.45, 2.75) is 0 Å². The number of phenolic OH excluding ortho intramolecular Hbond substituents is 1. The third kappa shape index (κ3) is 2.72. The summed E-state index contributed by atoms with van der Waals surface area (Å²) in [5.74, 6) is 1.35. The molecule has 1 aromatic heterocycles. The first-order valence-electron chi connectivity index (χ1n) is 6.15. The van der Waals surface area contributed by atoms with E-state index in [4.69, 9.17) is 16.6 Å². The number of rotatable bonds is 2. The number of likely N-dealkylation sites (N-methyl/N-ethyl adjacent to an activating group) is 1. The van der Waals surface area contributed by atoms with Crippen molar-refractivity contribution in [3.8, 4) is 17.1 Å². The summed E-state index contributed by atoms with van der Waals surface area (Å²) in [5, 5.41) is 9.28. The fraction of sp³-hybridized carbons (Fsp3) is 0.0667. The first-order valence-corrected chi connectivity index (χ1v) is 7.38. The lowest BCUT2D eigenvalue weighted by Crippen LogP contribution is -2.22. The zero-order valence-corrected chi connectivity index (χ0v) is 12.7. The van der Waals surface area contributed by atoms with Crippen LogP contribution >= 0.6 is 24.0 Å². The van der Waals surface area contributed by atoms with Crippen molar-refractivity contribution in [3.05, 3.63) is 47.1 Å². The van der Waals surface area contributed by atoms with Crippen LogP contribution in [0.3, 0.4) is 0 Å². The van der Waals surface area contributed by atoms with Crippen LogP contribution < -0.4 is 0 Å². The minimum Gasteiger partial charge on any atom is -0.508 e. The molecule has 0 aliphatic carbocycles. The van der Waals surface area contributed by atoms with Crippen molar-refractivity contribution in [1.29, 1.82) is 0 Å². The van der Waals surface area contributed by atoms with E-state index in [0.29, 0.717) is 20.7 Å². The topological polar surface area (TPSA) is 53.7 Å². The summed E-state index contributed by atoms with van der Waals surface area (Å²) in [6, 6.07) is 10.3. The molecule has 1 saturated heterocycles. The van der Waals surface area contributed by atoms with Crippen molar-refractivity contribution in [3.63, 3.8) is 0 Å². The molecular formula is C15H11NO3S2. The second-order valence-corrected chi connectivity index (χ2v) is 6.17. The summed E-state index contributed by atoms with van der Waals surface area (Å²) in [6.45, 7) is 0. The van der Waals surface area contributed by atoms with Gasteiger partial charge in [0.15, 0.2) is 0 Å². The first kappa shape index (κ1) is 13.9. The predicted molar refractivity (Wildman–Crippen MR) is 86.7 cm³/mol. The third-order valence-corrected chi connectivity index (χ3v) is 4.52. The molecule has 0 saturated carbocycles. The van der Waals surface area contributed by atoms with Crippen LogP contribution in [0.4, 0.5) is 0 Å². The Labute approximate surface area is 131 Å². The van der Waals surface area contributed by atoms with Gasteiger partial charge in [0.1, 0.15) is 21.6 Å². The Morgan fingerprint density at radius 2 is 1.95 bits per heavy atom. The third-order valence-electron chi connectivity index (χ3n) is 3.04. The number of hydrogen-bond donors (Lipinski definition) is 1. The lowest BCUT2D eigenvalue weighted by atomic mass is 10.2. The van der Waals surface area contributed by atoms with Crippen LogP contribution in [0, 0.1) is 0 Å². The van der Waals surface area contributed by atoms with Crippen LogP contribution in [-0.2, 0) is 4.79 Å². The van der Waals surface area contributed by atoms with Crippen molar-refractivity contribution in [1.82, 2.24) is 4.90 Å². The molecule has 1 fully saturated rings. The van der Waals surface area contributed by atoms with E-state index in [2.05, 4.69) is 0 Å². The number of thiocarbonyl (C=S) groups is 1. The molecule has 1 aliphatic rings. The average Bonchev–Trinajstić information content (AvgIpc) is 3.02. The van der Waals surface area contributed by atoms with Gasteiger partial charge >= 0.3 is 0 Å². The molecule has 2 heterocycles. The molecular weight excluding hydrogens is 306 g/mol. The van der Waals surface area contributed by atoms with E-state index in [1.807, 2.05) is 6.07 Å². The summed E-state index contributed by atoms with van der Waals surface area (Å²) in [5.41, 5.74) is 0.857. The number of nitrogens with zero attached hydrogens (tertiary/aromatic N) is 1. The second kappa shape index (κ2) is 5.38. The van der Waals surface area contributed by atoms with Gasteiger partial charge in [-0.25, -0.2) is 0 Å². The number of aromatic hydroxyl groups is 1. The number of carbonyl (C=O) groups is 1. The van der Waals surface area contributed by atoms with Crippen molar-refractivity contribution in [2.75, 3.05) is 7.05 Å². The van der Waals surface area contributed by atoms with Crippen LogP contribution in [0.2, 0.25) is 0 Å².